The van der Waals surface area contributed by atoms with Crippen molar-refractivity contribution in [1.82, 2.24) is 19.7 Å². The summed E-state index contributed by atoms with van der Waals surface area (Å²) in [5.41, 5.74) is 0.528. The Hall–Kier alpha value is -2.18. The second-order valence-corrected chi connectivity index (χ2v) is 5.85. The quantitative estimate of drug-likeness (QED) is 0.706. The number of fused-ring (bicyclic) bond motifs is 4. The first-order chi connectivity index (χ1) is 10.2. The van der Waals surface area contributed by atoms with E-state index in [0.29, 0.717) is 17.2 Å². The number of amides is 2. The summed E-state index contributed by atoms with van der Waals surface area (Å²) in [4.78, 5) is 24.6. The number of nitrogens with zero attached hydrogens (tertiary/aromatic N) is 4. The molecule has 2 aliphatic heterocycles. The molecule has 2 bridgehead atoms. The predicted octanol–water partition coefficient (Wildman–Crippen LogP) is -0.445. The van der Waals surface area contributed by atoms with E-state index in [1.165, 1.54) is 10.9 Å². The summed E-state index contributed by atoms with van der Waals surface area (Å²) >= 11 is 0. The summed E-state index contributed by atoms with van der Waals surface area (Å²) in [6.07, 6.45) is 1.53. The number of hydrogen-bond acceptors (Lipinski definition) is 6. The molecule has 2 aliphatic rings. The number of carboxylic acids is 1. The maximum atomic E-state index is 12.2. The molecule has 0 spiro atoms. The molecule has 0 radical (unpaired) electrons. The number of carbonyl (C=O) groups excluding carboxylic acids is 1. The molecular formula is C10H12N4O7S. The van der Waals surface area contributed by atoms with Crippen LogP contribution in [0.2, 0.25) is 0 Å². The summed E-state index contributed by atoms with van der Waals surface area (Å²) in [6, 6.07) is -3.15. The van der Waals surface area contributed by atoms with Crippen molar-refractivity contribution < 1.29 is 31.9 Å². The average Bonchev–Trinajstić information content (AvgIpc) is 2.94. The summed E-state index contributed by atoms with van der Waals surface area (Å²) in [5.74, 6) is -1.29. The van der Waals surface area contributed by atoms with E-state index in [4.69, 9.17) is 4.55 Å². The van der Waals surface area contributed by atoms with Gasteiger partial charge in [-0.3, -0.25) is 9.23 Å². The Bertz CT molecular complexity index is 757. The lowest BCUT2D eigenvalue weighted by molar-refractivity contribution is -0.142. The first-order valence-electron chi connectivity index (χ1n) is 6.29. The zero-order chi connectivity index (χ0) is 16.2. The van der Waals surface area contributed by atoms with E-state index in [-0.39, 0.29) is 12.2 Å². The van der Waals surface area contributed by atoms with Crippen LogP contribution in [-0.4, -0.2) is 56.4 Å². The zero-order valence-electron chi connectivity index (χ0n) is 11.3. The van der Waals surface area contributed by atoms with Crippen molar-refractivity contribution >= 4 is 22.4 Å². The van der Waals surface area contributed by atoms with Gasteiger partial charge < -0.3 is 10.0 Å². The predicted molar refractivity (Wildman–Crippen MR) is 67.6 cm³/mol. The van der Waals surface area contributed by atoms with Gasteiger partial charge in [-0.25, -0.2) is 9.59 Å². The molecule has 2 N–H and O–H groups in total. The van der Waals surface area contributed by atoms with Crippen LogP contribution in [0.25, 0.3) is 0 Å². The highest BCUT2D eigenvalue weighted by Gasteiger charge is 2.53. The second kappa shape index (κ2) is 4.66. The molecule has 120 valence electrons. The van der Waals surface area contributed by atoms with Gasteiger partial charge in [-0.05, 0) is 6.92 Å². The highest BCUT2D eigenvalue weighted by Crippen LogP contribution is 2.43. The van der Waals surface area contributed by atoms with Gasteiger partial charge in [0.15, 0.2) is 6.04 Å². The van der Waals surface area contributed by atoms with E-state index in [1.807, 2.05) is 0 Å². The SMILES string of the molecule is CCn1cc2c(n1)[C@@H](C(=O)O)N1C[C@@H]2N(OS(=O)(=O)O)C1=O. The fourth-order valence-corrected chi connectivity index (χ4v) is 3.08. The third kappa shape index (κ3) is 2.12. The first kappa shape index (κ1) is 14.7. The van der Waals surface area contributed by atoms with Crippen LogP contribution in [0.1, 0.15) is 30.3 Å². The second-order valence-electron chi connectivity index (χ2n) is 4.84. The lowest BCUT2D eigenvalue weighted by atomic mass is 9.98. The van der Waals surface area contributed by atoms with Gasteiger partial charge in [0.25, 0.3) is 0 Å². The molecule has 12 heteroatoms. The van der Waals surface area contributed by atoms with Gasteiger partial charge in [-0.15, -0.1) is 4.28 Å². The van der Waals surface area contributed by atoms with E-state index >= 15 is 0 Å². The Morgan fingerprint density at radius 1 is 1.55 bits per heavy atom. The van der Waals surface area contributed by atoms with Crippen molar-refractivity contribution in [3.05, 3.63) is 17.5 Å². The van der Waals surface area contributed by atoms with Crippen LogP contribution in [0, 0.1) is 0 Å². The van der Waals surface area contributed by atoms with E-state index in [2.05, 4.69) is 9.38 Å². The molecule has 2 atom stereocenters. The highest BCUT2D eigenvalue weighted by molar-refractivity contribution is 7.80. The highest BCUT2D eigenvalue weighted by atomic mass is 32.3. The first-order valence-corrected chi connectivity index (χ1v) is 7.66. The fourth-order valence-electron chi connectivity index (χ4n) is 2.71. The lowest BCUT2D eigenvalue weighted by Gasteiger charge is -2.26. The summed E-state index contributed by atoms with van der Waals surface area (Å²) in [6.45, 7) is 2.19. The smallest absolute Gasteiger partial charge is 0.418 e. The number of carboxylic acid groups (broad SMARTS) is 1. The number of aliphatic carboxylic acids is 1. The molecule has 11 nitrogen and oxygen atoms in total. The van der Waals surface area contributed by atoms with Crippen molar-refractivity contribution in [3.8, 4) is 0 Å². The molecule has 3 rings (SSSR count). The molecular weight excluding hydrogens is 320 g/mol. The Balaban J connectivity index is 2.10. The fraction of sp³-hybridized carbons (Fsp3) is 0.500. The van der Waals surface area contributed by atoms with E-state index < -0.39 is 34.5 Å². The molecule has 1 aromatic heterocycles. The number of carbonyl (C=O) groups is 2. The Kier molecular flexibility index (Phi) is 3.12. The molecule has 0 unspecified atom stereocenters. The van der Waals surface area contributed by atoms with Crippen LogP contribution in [-0.2, 0) is 26.0 Å². The van der Waals surface area contributed by atoms with Gasteiger partial charge in [0, 0.05) is 18.3 Å². The van der Waals surface area contributed by atoms with Crippen LogP contribution in [0.3, 0.4) is 0 Å². The van der Waals surface area contributed by atoms with Gasteiger partial charge in [-0.2, -0.15) is 18.6 Å². The van der Waals surface area contributed by atoms with Gasteiger partial charge in [0.1, 0.15) is 11.7 Å². The van der Waals surface area contributed by atoms with E-state index in [9.17, 15) is 23.1 Å². The zero-order valence-corrected chi connectivity index (χ0v) is 12.1. The minimum Gasteiger partial charge on any atom is -0.479 e. The molecule has 1 saturated heterocycles. The number of rotatable bonds is 4. The van der Waals surface area contributed by atoms with Gasteiger partial charge in [0.05, 0.1) is 6.54 Å². The van der Waals surface area contributed by atoms with Crippen molar-refractivity contribution in [2.24, 2.45) is 0 Å². The van der Waals surface area contributed by atoms with Gasteiger partial charge in [-0.1, -0.05) is 0 Å². The third-order valence-corrected chi connectivity index (χ3v) is 3.92. The number of aryl methyl sites for hydroxylation is 1. The number of aromatic nitrogens is 2. The molecule has 22 heavy (non-hydrogen) atoms. The maximum Gasteiger partial charge on any atom is 0.418 e. The molecule has 3 heterocycles. The minimum absolute atomic E-state index is 0.0757. The summed E-state index contributed by atoms with van der Waals surface area (Å²) in [7, 11) is -4.91. The molecule has 0 aromatic carbocycles. The van der Waals surface area contributed by atoms with Gasteiger partial charge >= 0.3 is 22.4 Å². The standard InChI is InChI=1S/C10H12N4O7S/c1-2-12-3-5-6-4-13(8(9(15)16)7(5)11-12)10(17)14(6)21-22(18,19)20/h3,6,8H,2,4H2,1H3,(H,15,16)(H,18,19,20)/t6-,8-/m0/s1. The topological polar surface area (TPSA) is 142 Å². The number of hydrogen-bond donors (Lipinski definition) is 2. The van der Waals surface area contributed by atoms with Gasteiger partial charge in [0.2, 0.25) is 0 Å². The summed E-state index contributed by atoms with van der Waals surface area (Å²) in [5, 5.41) is 13.9. The Morgan fingerprint density at radius 2 is 2.23 bits per heavy atom. The van der Waals surface area contributed by atoms with Crippen molar-refractivity contribution in [2.75, 3.05) is 6.54 Å². The average molecular weight is 332 g/mol. The van der Waals surface area contributed by atoms with E-state index in [0.717, 1.165) is 4.90 Å². The Labute approximate surface area is 124 Å². The molecule has 0 aliphatic carbocycles. The van der Waals surface area contributed by atoms with E-state index in [1.54, 1.807) is 6.92 Å². The maximum absolute atomic E-state index is 12.2. The van der Waals surface area contributed by atoms with Crippen LogP contribution in [0.4, 0.5) is 4.79 Å². The number of urea groups is 1. The normalized spacial score (nSPS) is 23.8. The minimum atomic E-state index is -4.91. The molecule has 0 saturated carbocycles. The number of hydroxylamine groups is 2. The molecule has 2 amide bonds. The van der Waals surface area contributed by atoms with Crippen LogP contribution < -0.4 is 0 Å². The third-order valence-electron chi connectivity index (χ3n) is 3.57. The lowest BCUT2D eigenvalue weighted by Crippen LogP contribution is -2.38. The van der Waals surface area contributed by atoms with Crippen LogP contribution >= 0.6 is 0 Å². The largest absolute Gasteiger partial charge is 0.479 e. The monoisotopic (exact) mass is 332 g/mol. The van der Waals surface area contributed by atoms with Crippen molar-refractivity contribution in [3.63, 3.8) is 0 Å². The van der Waals surface area contributed by atoms with Crippen LogP contribution in [0.15, 0.2) is 6.20 Å². The molecule has 1 fully saturated rings. The van der Waals surface area contributed by atoms with Crippen LogP contribution in [0.5, 0.6) is 0 Å². The van der Waals surface area contributed by atoms with Crippen molar-refractivity contribution in [1.29, 1.82) is 0 Å². The Morgan fingerprint density at radius 3 is 2.77 bits per heavy atom. The van der Waals surface area contributed by atoms with Crippen molar-refractivity contribution in [2.45, 2.75) is 25.6 Å². The summed E-state index contributed by atoms with van der Waals surface area (Å²) < 4.78 is 36.4. The molecule has 1 aromatic rings.